The molecule has 2 aromatic rings. The average molecular weight is 290 g/mol. The van der Waals surface area contributed by atoms with Crippen molar-refractivity contribution < 1.29 is 30.0 Å². The molecule has 2 rings (SSSR count). The molecule has 21 heavy (non-hydrogen) atoms. The Morgan fingerprint density at radius 1 is 0.810 bits per heavy atom. The first kappa shape index (κ1) is 16.0. The number of aryl methyl sites for hydroxylation is 1. The normalized spacial score (nSPS) is 9.38. The third-order valence-electron chi connectivity index (χ3n) is 2.65. The number of phenols is 4. The Hall–Kier alpha value is -3.02. The third kappa shape index (κ3) is 3.97. The van der Waals surface area contributed by atoms with Gasteiger partial charge in [-0.1, -0.05) is 6.07 Å². The lowest BCUT2D eigenvalue weighted by Crippen LogP contribution is -1.86. The molecule has 2 aromatic carbocycles. The van der Waals surface area contributed by atoms with Gasteiger partial charge in [0.1, 0.15) is 23.0 Å². The molecular weight excluding hydrogens is 276 g/mol. The summed E-state index contributed by atoms with van der Waals surface area (Å²) in [6.45, 7) is 1.64. The van der Waals surface area contributed by atoms with Crippen LogP contribution < -0.4 is 0 Å². The topological polar surface area (TPSA) is 115 Å². The van der Waals surface area contributed by atoms with Gasteiger partial charge in [0.05, 0.1) is 11.1 Å². The Kier molecular flexibility index (Phi) is 5.31. The van der Waals surface area contributed by atoms with E-state index in [0.29, 0.717) is 18.1 Å². The number of aromatic hydroxyl groups is 4. The Balaban J connectivity index is 0.000000211. The second-order valence-corrected chi connectivity index (χ2v) is 4.14. The maximum atomic E-state index is 10.3. The second-order valence-electron chi connectivity index (χ2n) is 4.14. The molecule has 0 spiro atoms. The minimum atomic E-state index is -0.199. The molecule has 0 aliphatic carbocycles. The van der Waals surface area contributed by atoms with Gasteiger partial charge in [0, 0.05) is 6.07 Å². The summed E-state index contributed by atoms with van der Waals surface area (Å²) in [5.41, 5.74) is 0.725. The SMILES string of the molecule is Cc1cc(O)cc(O)c1C=O.O=Cc1c(O)cccc1O. The van der Waals surface area contributed by atoms with E-state index in [1.54, 1.807) is 6.92 Å². The molecular formula is C15H14O6. The molecule has 0 bridgehead atoms. The number of carbonyl (C=O) groups is 2. The Morgan fingerprint density at radius 2 is 1.33 bits per heavy atom. The third-order valence-corrected chi connectivity index (χ3v) is 2.65. The number of aldehydes is 2. The fraction of sp³-hybridized carbons (Fsp3) is 0.0667. The number of carbonyl (C=O) groups excluding carboxylic acids is 2. The summed E-state index contributed by atoms with van der Waals surface area (Å²) in [5, 5.41) is 35.8. The molecule has 4 N–H and O–H groups in total. The first-order valence-electron chi connectivity index (χ1n) is 5.84. The van der Waals surface area contributed by atoms with Crippen molar-refractivity contribution in [1.29, 1.82) is 0 Å². The van der Waals surface area contributed by atoms with Gasteiger partial charge in [0.2, 0.25) is 0 Å². The van der Waals surface area contributed by atoms with Crippen LogP contribution in [0.25, 0.3) is 0 Å². The van der Waals surface area contributed by atoms with Crippen molar-refractivity contribution in [3.8, 4) is 23.0 Å². The zero-order valence-corrected chi connectivity index (χ0v) is 11.1. The van der Waals surface area contributed by atoms with E-state index in [4.69, 9.17) is 20.4 Å². The van der Waals surface area contributed by atoms with Gasteiger partial charge in [0.15, 0.2) is 12.6 Å². The average Bonchev–Trinajstić information content (AvgIpc) is 2.39. The standard InChI is InChI=1S/C8H8O3.C7H6O3/c1-5-2-6(10)3-8(11)7(5)4-9;8-4-5-6(9)2-1-3-7(5)10/h2-4,10-11H,1H3;1-4,9-10H. The number of hydrogen-bond acceptors (Lipinski definition) is 6. The lowest BCUT2D eigenvalue weighted by molar-refractivity contribution is 0.111. The minimum Gasteiger partial charge on any atom is -0.508 e. The van der Waals surface area contributed by atoms with E-state index in [-0.39, 0.29) is 34.1 Å². The molecule has 0 saturated carbocycles. The molecule has 0 saturated heterocycles. The molecule has 110 valence electrons. The van der Waals surface area contributed by atoms with E-state index in [9.17, 15) is 9.59 Å². The van der Waals surface area contributed by atoms with Gasteiger partial charge in [0.25, 0.3) is 0 Å². The molecule has 6 nitrogen and oxygen atoms in total. The van der Waals surface area contributed by atoms with Gasteiger partial charge < -0.3 is 20.4 Å². The monoisotopic (exact) mass is 290 g/mol. The molecule has 0 radical (unpaired) electrons. The van der Waals surface area contributed by atoms with Gasteiger partial charge in [-0.3, -0.25) is 9.59 Å². The van der Waals surface area contributed by atoms with Gasteiger partial charge >= 0.3 is 0 Å². The maximum Gasteiger partial charge on any atom is 0.157 e. The van der Waals surface area contributed by atoms with E-state index >= 15 is 0 Å². The molecule has 0 aromatic heterocycles. The predicted octanol–water partition coefficient (Wildman–Crippen LogP) is 2.13. The molecule has 6 heteroatoms. The summed E-state index contributed by atoms with van der Waals surface area (Å²) < 4.78 is 0. The van der Waals surface area contributed by atoms with Crippen molar-refractivity contribution in [1.82, 2.24) is 0 Å². The highest BCUT2D eigenvalue weighted by Crippen LogP contribution is 2.25. The van der Waals surface area contributed by atoms with E-state index < -0.39 is 0 Å². The number of phenolic OH excluding ortho intramolecular Hbond substituents is 4. The Morgan fingerprint density at radius 3 is 1.71 bits per heavy atom. The summed E-state index contributed by atoms with van der Waals surface area (Å²) in [5.74, 6) is -0.617. The lowest BCUT2D eigenvalue weighted by Gasteiger charge is -2.01. The van der Waals surface area contributed by atoms with Crippen molar-refractivity contribution >= 4 is 12.6 Å². The van der Waals surface area contributed by atoms with Crippen molar-refractivity contribution in [2.75, 3.05) is 0 Å². The summed E-state index contributed by atoms with van der Waals surface area (Å²) >= 11 is 0. The first-order valence-corrected chi connectivity index (χ1v) is 5.84. The zero-order valence-electron chi connectivity index (χ0n) is 11.1. The van der Waals surface area contributed by atoms with E-state index in [2.05, 4.69) is 0 Å². The smallest absolute Gasteiger partial charge is 0.157 e. The highest BCUT2D eigenvalue weighted by atomic mass is 16.3. The van der Waals surface area contributed by atoms with Gasteiger partial charge in [-0.2, -0.15) is 0 Å². The van der Waals surface area contributed by atoms with Crippen LogP contribution in [0.5, 0.6) is 23.0 Å². The van der Waals surface area contributed by atoms with Crippen LogP contribution in [0.4, 0.5) is 0 Å². The minimum absolute atomic E-state index is 0.0365. The van der Waals surface area contributed by atoms with Crippen molar-refractivity contribution in [3.63, 3.8) is 0 Å². The van der Waals surface area contributed by atoms with Crippen LogP contribution in [0.15, 0.2) is 30.3 Å². The summed E-state index contributed by atoms with van der Waals surface area (Å²) in [6, 6.07) is 6.69. The quantitative estimate of drug-likeness (QED) is 0.630. The van der Waals surface area contributed by atoms with Gasteiger partial charge in [-0.15, -0.1) is 0 Å². The molecule has 0 atom stereocenters. The predicted molar refractivity (Wildman–Crippen MR) is 75.1 cm³/mol. The van der Waals surface area contributed by atoms with Gasteiger partial charge in [-0.05, 0) is 30.7 Å². The van der Waals surface area contributed by atoms with Crippen LogP contribution >= 0.6 is 0 Å². The highest BCUT2D eigenvalue weighted by molar-refractivity contribution is 5.83. The van der Waals surface area contributed by atoms with E-state index in [1.165, 1.54) is 24.3 Å². The zero-order chi connectivity index (χ0) is 16.0. The molecule has 0 heterocycles. The summed E-state index contributed by atoms with van der Waals surface area (Å²) in [6.07, 6.45) is 0.967. The van der Waals surface area contributed by atoms with Crippen LogP contribution in [0.2, 0.25) is 0 Å². The fourth-order valence-electron chi connectivity index (χ4n) is 1.58. The van der Waals surface area contributed by atoms with Gasteiger partial charge in [-0.25, -0.2) is 0 Å². The van der Waals surface area contributed by atoms with Crippen LogP contribution in [-0.4, -0.2) is 33.0 Å². The lowest BCUT2D eigenvalue weighted by atomic mass is 10.1. The van der Waals surface area contributed by atoms with Crippen LogP contribution in [0.1, 0.15) is 26.3 Å². The summed E-state index contributed by atoms with van der Waals surface area (Å²) in [4.78, 5) is 20.4. The molecule has 0 aliphatic heterocycles. The molecule has 0 amide bonds. The molecule has 0 aliphatic rings. The fourth-order valence-corrected chi connectivity index (χ4v) is 1.58. The summed E-state index contributed by atoms with van der Waals surface area (Å²) in [7, 11) is 0. The number of hydrogen-bond donors (Lipinski definition) is 4. The molecule has 0 unspecified atom stereocenters. The van der Waals surface area contributed by atoms with Crippen molar-refractivity contribution in [2.45, 2.75) is 6.92 Å². The Bertz CT molecular complexity index is 620. The Labute approximate surface area is 120 Å². The number of benzene rings is 2. The molecule has 0 fully saturated rings. The number of rotatable bonds is 2. The van der Waals surface area contributed by atoms with Crippen LogP contribution in [0.3, 0.4) is 0 Å². The maximum absolute atomic E-state index is 10.3. The van der Waals surface area contributed by atoms with Crippen LogP contribution in [-0.2, 0) is 0 Å². The highest BCUT2D eigenvalue weighted by Gasteiger charge is 2.04. The largest absolute Gasteiger partial charge is 0.508 e. The first-order chi connectivity index (χ1) is 9.90. The van der Waals surface area contributed by atoms with E-state index in [0.717, 1.165) is 6.07 Å². The van der Waals surface area contributed by atoms with Crippen molar-refractivity contribution in [3.05, 3.63) is 47.0 Å². The van der Waals surface area contributed by atoms with Crippen molar-refractivity contribution in [2.24, 2.45) is 0 Å². The second kappa shape index (κ2) is 6.95. The van der Waals surface area contributed by atoms with Crippen LogP contribution in [0, 0.1) is 6.92 Å². The van der Waals surface area contributed by atoms with E-state index in [1.807, 2.05) is 0 Å².